The van der Waals surface area contributed by atoms with Crippen molar-refractivity contribution in [1.29, 1.82) is 0 Å². The Bertz CT molecular complexity index is 101. The molecule has 0 saturated carbocycles. The molecule has 0 aromatic heterocycles. The minimum Gasteiger partial charge on any atom is -0.120 e. The van der Waals surface area contributed by atoms with Crippen LogP contribution in [0.3, 0.4) is 0 Å². The van der Waals surface area contributed by atoms with Crippen LogP contribution in [-0.2, 0) is 0 Å². The van der Waals surface area contributed by atoms with Gasteiger partial charge in [-0.15, -0.1) is 33.2 Å². The van der Waals surface area contributed by atoms with Gasteiger partial charge in [-0.25, -0.2) is 0 Å². The van der Waals surface area contributed by atoms with Crippen molar-refractivity contribution in [3.8, 4) is 0 Å². The Balaban J connectivity index is 4.03. The molecule has 0 aromatic carbocycles. The maximum atomic E-state index is 5.37. The smallest absolute Gasteiger partial charge is 0.120 e. The van der Waals surface area contributed by atoms with E-state index < -0.39 is 6.00 Å². The Hall–Kier alpha value is 1.41. The van der Waals surface area contributed by atoms with Crippen LogP contribution in [0.2, 0.25) is 0 Å². The molecule has 0 aliphatic rings. The monoisotopic (exact) mass is 228 g/mol. The standard InChI is InChI=1S/C2HCl5Si/c3-1-2(4)8(5,6)7/h1H/b2-1-. The third-order valence-electron chi connectivity index (χ3n) is 0.367. The largest absolute Gasteiger partial charge is 0.385 e. The highest BCUT2D eigenvalue weighted by atomic mass is 35.8. The van der Waals surface area contributed by atoms with Gasteiger partial charge >= 0.3 is 6.00 Å². The van der Waals surface area contributed by atoms with Crippen LogP contribution in [0, 0.1) is 0 Å². The molecule has 0 nitrogen and oxygen atoms in total. The summed E-state index contributed by atoms with van der Waals surface area (Å²) in [6.45, 7) is 0. The topological polar surface area (TPSA) is 0 Å². The fourth-order valence-corrected chi connectivity index (χ4v) is 1.67. The van der Waals surface area contributed by atoms with Crippen molar-refractivity contribution in [2.75, 3.05) is 0 Å². The predicted molar refractivity (Wildman–Crippen MR) is 43.1 cm³/mol. The molecule has 0 spiro atoms. The fraction of sp³-hybridized carbons (Fsp3) is 0. The van der Waals surface area contributed by atoms with Gasteiger partial charge in [-0.05, 0) is 0 Å². The Morgan fingerprint density at radius 2 is 1.62 bits per heavy atom. The molecule has 0 radical (unpaired) electrons. The van der Waals surface area contributed by atoms with Gasteiger partial charge in [-0.3, -0.25) is 0 Å². The van der Waals surface area contributed by atoms with Crippen LogP contribution in [0.5, 0.6) is 0 Å². The third-order valence-corrected chi connectivity index (χ3v) is 5.23. The van der Waals surface area contributed by atoms with E-state index in [1.54, 1.807) is 0 Å². The van der Waals surface area contributed by atoms with E-state index in [-0.39, 0.29) is 4.66 Å². The van der Waals surface area contributed by atoms with E-state index in [4.69, 9.17) is 56.4 Å². The Kier molecular flexibility index (Phi) is 4.17. The van der Waals surface area contributed by atoms with E-state index in [0.29, 0.717) is 0 Å². The van der Waals surface area contributed by atoms with Crippen LogP contribution in [-0.4, -0.2) is 6.00 Å². The lowest BCUT2D eigenvalue weighted by molar-refractivity contribution is 2.31. The summed E-state index contributed by atoms with van der Waals surface area (Å²) in [6.07, 6.45) is 0. The van der Waals surface area contributed by atoms with Crippen molar-refractivity contribution in [3.63, 3.8) is 0 Å². The minimum absolute atomic E-state index is 0.129. The van der Waals surface area contributed by atoms with Gasteiger partial charge in [-0.2, -0.15) is 0 Å². The number of halogens is 5. The minimum atomic E-state index is -2.85. The quantitative estimate of drug-likeness (QED) is 0.478. The van der Waals surface area contributed by atoms with Crippen LogP contribution in [0.15, 0.2) is 10.2 Å². The summed E-state index contributed by atoms with van der Waals surface area (Å²) in [5.74, 6) is 0. The summed E-state index contributed by atoms with van der Waals surface area (Å²) in [4.78, 5) is 0. The molecule has 0 fully saturated rings. The van der Waals surface area contributed by atoms with E-state index in [0.717, 1.165) is 5.54 Å². The molecular weight excluding hydrogens is 229 g/mol. The Labute approximate surface area is 72.4 Å². The second-order valence-corrected chi connectivity index (χ2v) is 10.3. The van der Waals surface area contributed by atoms with Crippen LogP contribution in [0.25, 0.3) is 0 Å². The molecule has 6 heteroatoms. The van der Waals surface area contributed by atoms with Gasteiger partial charge in [0.15, 0.2) is 0 Å². The Morgan fingerprint density at radius 1 is 1.25 bits per heavy atom. The first-order valence-electron chi connectivity index (χ1n) is 1.51. The van der Waals surface area contributed by atoms with Gasteiger partial charge < -0.3 is 0 Å². The zero-order valence-corrected chi connectivity index (χ0v) is 8.25. The summed E-state index contributed by atoms with van der Waals surface area (Å²) >= 11 is 26.6. The molecule has 0 atom stereocenters. The first-order chi connectivity index (χ1) is 3.48. The van der Waals surface area contributed by atoms with Crippen LogP contribution in [0.4, 0.5) is 0 Å². The van der Waals surface area contributed by atoms with Crippen LogP contribution < -0.4 is 0 Å². The maximum absolute atomic E-state index is 5.37. The summed E-state index contributed by atoms with van der Waals surface area (Å²) in [5.41, 5.74) is 1.07. The highest BCUT2D eigenvalue weighted by Gasteiger charge is 2.29. The third kappa shape index (κ3) is 3.44. The highest BCUT2D eigenvalue weighted by Crippen LogP contribution is 2.31. The first kappa shape index (κ1) is 9.41. The van der Waals surface area contributed by atoms with Gasteiger partial charge in [-0.1, -0.05) is 23.2 Å². The predicted octanol–water partition coefficient (Wildman–Crippen LogP) is 3.50. The van der Waals surface area contributed by atoms with Crippen LogP contribution >= 0.6 is 56.4 Å². The van der Waals surface area contributed by atoms with E-state index in [9.17, 15) is 0 Å². The SMILES string of the molecule is Cl/C=C(/Cl)[Si](Cl)(Cl)Cl. The van der Waals surface area contributed by atoms with Gasteiger partial charge in [0, 0.05) is 5.54 Å². The van der Waals surface area contributed by atoms with Gasteiger partial charge in [0.25, 0.3) is 0 Å². The lowest BCUT2D eigenvalue weighted by atomic mass is 11.2. The first-order valence-corrected chi connectivity index (χ1v) is 7.36. The molecule has 0 aromatic rings. The van der Waals surface area contributed by atoms with Crippen molar-refractivity contribution < 1.29 is 0 Å². The lowest BCUT2D eigenvalue weighted by Crippen LogP contribution is -2.08. The molecule has 0 amide bonds. The zero-order chi connectivity index (χ0) is 6.78. The van der Waals surface area contributed by atoms with E-state index >= 15 is 0 Å². The maximum Gasteiger partial charge on any atom is 0.385 e. The van der Waals surface area contributed by atoms with Crippen molar-refractivity contribution >= 4 is 62.4 Å². The number of rotatable bonds is 1. The van der Waals surface area contributed by atoms with Crippen molar-refractivity contribution in [2.45, 2.75) is 0 Å². The Morgan fingerprint density at radius 3 is 1.62 bits per heavy atom. The highest BCUT2D eigenvalue weighted by molar-refractivity contribution is 7.68. The molecule has 0 heterocycles. The second-order valence-electron chi connectivity index (χ2n) is 0.955. The molecule has 0 unspecified atom stereocenters. The molecule has 0 aliphatic carbocycles. The summed E-state index contributed by atoms with van der Waals surface area (Å²) < 4.78 is 0.129. The van der Waals surface area contributed by atoms with Crippen molar-refractivity contribution in [2.24, 2.45) is 0 Å². The van der Waals surface area contributed by atoms with E-state index in [1.807, 2.05) is 0 Å². The molecule has 0 bridgehead atoms. The zero-order valence-electron chi connectivity index (χ0n) is 3.47. The molecular formula is C2HCl5Si. The second kappa shape index (κ2) is 3.54. The molecule has 48 valence electrons. The van der Waals surface area contributed by atoms with Crippen molar-refractivity contribution in [1.82, 2.24) is 0 Å². The van der Waals surface area contributed by atoms with Gasteiger partial charge in [0.2, 0.25) is 0 Å². The number of hydrogen-bond acceptors (Lipinski definition) is 0. The summed E-state index contributed by atoms with van der Waals surface area (Å²) in [6, 6.07) is -2.85. The molecule has 0 aliphatic heterocycles. The van der Waals surface area contributed by atoms with Crippen molar-refractivity contribution in [3.05, 3.63) is 10.2 Å². The normalized spacial score (nSPS) is 14.4. The van der Waals surface area contributed by atoms with Gasteiger partial charge in [0.05, 0.1) is 4.66 Å². The van der Waals surface area contributed by atoms with Crippen LogP contribution in [0.1, 0.15) is 0 Å². The molecule has 8 heavy (non-hydrogen) atoms. The average molecular weight is 230 g/mol. The number of hydrogen-bond donors (Lipinski definition) is 0. The summed E-state index contributed by atoms with van der Waals surface area (Å²) in [5, 5.41) is 0. The van der Waals surface area contributed by atoms with E-state index in [2.05, 4.69) is 0 Å². The van der Waals surface area contributed by atoms with Gasteiger partial charge in [0.1, 0.15) is 0 Å². The molecule has 0 N–H and O–H groups in total. The fourth-order valence-electron chi connectivity index (χ4n) is 0.0619. The van der Waals surface area contributed by atoms with E-state index in [1.165, 1.54) is 0 Å². The summed E-state index contributed by atoms with van der Waals surface area (Å²) in [7, 11) is 0. The molecule has 0 rings (SSSR count). The lowest BCUT2D eigenvalue weighted by Gasteiger charge is -2.01. The average Bonchev–Trinajstić information content (AvgIpc) is 1.62. The molecule has 0 saturated heterocycles.